The first-order valence-electron chi connectivity index (χ1n) is 10.4. The maximum absolute atomic E-state index is 13.0. The average Bonchev–Trinajstić information content (AvgIpc) is 3.05. The van der Waals surface area contributed by atoms with Crippen LogP contribution in [0.3, 0.4) is 0 Å². The molecule has 5 nitrogen and oxygen atoms in total. The molecule has 1 atom stereocenters. The largest absolute Gasteiger partial charge is 0.480 e. The van der Waals surface area contributed by atoms with Gasteiger partial charge in [0.05, 0.1) is 0 Å². The second kappa shape index (κ2) is 9.61. The SMILES string of the molecule is C=CCCN(C(=O)OCC1c2ccccc2-c2ccccc21)[C@@H](CC(C)C)C(=O)O. The maximum atomic E-state index is 13.0. The Labute approximate surface area is 178 Å². The van der Waals surface area contributed by atoms with Crippen molar-refractivity contribution in [3.63, 3.8) is 0 Å². The van der Waals surface area contributed by atoms with Crippen LogP contribution in [0.5, 0.6) is 0 Å². The van der Waals surface area contributed by atoms with Crippen LogP contribution in [0.15, 0.2) is 61.2 Å². The van der Waals surface area contributed by atoms with E-state index < -0.39 is 18.1 Å². The molecular formula is C25H29NO4. The fraction of sp³-hybridized carbons (Fsp3) is 0.360. The van der Waals surface area contributed by atoms with Gasteiger partial charge >= 0.3 is 12.1 Å². The van der Waals surface area contributed by atoms with Crippen LogP contribution in [0.1, 0.15) is 43.7 Å². The zero-order valence-electron chi connectivity index (χ0n) is 17.6. The van der Waals surface area contributed by atoms with E-state index in [2.05, 4.69) is 30.8 Å². The molecule has 3 rings (SSSR count). The van der Waals surface area contributed by atoms with E-state index in [1.165, 1.54) is 4.90 Å². The number of carboxylic acids is 1. The Morgan fingerprint density at radius 3 is 2.17 bits per heavy atom. The minimum absolute atomic E-state index is 0.0593. The summed E-state index contributed by atoms with van der Waals surface area (Å²) in [6, 6.07) is 15.3. The second-order valence-corrected chi connectivity index (χ2v) is 8.06. The van der Waals surface area contributed by atoms with E-state index in [1.807, 2.05) is 38.1 Å². The molecule has 0 fully saturated rings. The summed E-state index contributed by atoms with van der Waals surface area (Å²) < 4.78 is 5.70. The fourth-order valence-electron chi connectivity index (χ4n) is 4.09. The molecule has 2 aromatic rings. The van der Waals surface area contributed by atoms with Crippen LogP contribution in [-0.2, 0) is 9.53 Å². The highest BCUT2D eigenvalue weighted by Crippen LogP contribution is 2.44. The number of carbonyl (C=O) groups excluding carboxylic acids is 1. The van der Waals surface area contributed by atoms with Gasteiger partial charge in [0.25, 0.3) is 0 Å². The number of nitrogens with zero attached hydrogens (tertiary/aromatic N) is 1. The molecular weight excluding hydrogens is 378 g/mol. The molecule has 0 aromatic heterocycles. The van der Waals surface area contributed by atoms with Crippen molar-refractivity contribution in [1.82, 2.24) is 4.90 Å². The summed E-state index contributed by atoms with van der Waals surface area (Å²) in [5, 5.41) is 9.71. The molecule has 0 saturated heterocycles. The predicted molar refractivity (Wildman–Crippen MR) is 117 cm³/mol. The van der Waals surface area contributed by atoms with Gasteiger partial charge in [0, 0.05) is 12.5 Å². The van der Waals surface area contributed by atoms with Crippen LogP contribution in [0.2, 0.25) is 0 Å². The molecule has 1 amide bonds. The van der Waals surface area contributed by atoms with Gasteiger partial charge in [-0.2, -0.15) is 0 Å². The molecule has 0 saturated carbocycles. The molecule has 5 heteroatoms. The van der Waals surface area contributed by atoms with E-state index in [9.17, 15) is 14.7 Å². The summed E-state index contributed by atoms with van der Waals surface area (Å²) in [5.41, 5.74) is 4.56. The van der Waals surface area contributed by atoms with Crippen molar-refractivity contribution in [2.24, 2.45) is 5.92 Å². The van der Waals surface area contributed by atoms with Crippen LogP contribution in [0.4, 0.5) is 4.79 Å². The second-order valence-electron chi connectivity index (χ2n) is 8.06. The quantitative estimate of drug-likeness (QED) is 0.572. The number of carbonyl (C=O) groups is 2. The normalized spacial score (nSPS) is 13.4. The van der Waals surface area contributed by atoms with Gasteiger partial charge in [-0.15, -0.1) is 6.58 Å². The van der Waals surface area contributed by atoms with Gasteiger partial charge in [-0.3, -0.25) is 4.90 Å². The topological polar surface area (TPSA) is 66.8 Å². The Hall–Kier alpha value is -3.08. The summed E-state index contributed by atoms with van der Waals surface area (Å²) in [7, 11) is 0. The lowest BCUT2D eigenvalue weighted by atomic mass is 9.98. The number of ether oxygens (including phenoxy) is 1. The van der Waals surface area contributed by atoms with Crippen molar-refractivity contribution in [2.45, 2.75) is 38.6 Å². The zero-order chi connectivity index (χ0) is 21.7. The summed E-state index contributed by atoms with van der Waals surface area (Å²) in [6.07, 6.45) is 1.97. The summed E-state index contributed by atoms with van der Waals surface area (Å²) in [6.45, 7) is 8.02. The van der Waals surface area contributed by atoms with Crippen LogP contribution in [-0.4, -0.2) is 41.3 Å². The fourth-order valence-corrected chi connectivity index (χ4v) is 4.09. The van der Waals surface area contributed by atoms with Crippen molar-refractivity contribution in [3.05, 3.63) is 72.3 Å². The van der Waals surface area contributed by atoms with Crippen LogP contribution in [0.25, 0.3) is 11.1 Å². The van der Waals surface area contributed by atoms with Crippen molar-refractivity contribution in [3.8, 4) is 11.1 Å². The Kier molecular flexibility index (Phi) is 6.93. The van der Waals surface area contributed by atoms with Crippen molar-refractivity contribution >= 4 is 12.1 Å². The molecule has 0 spiro atoms. The Balaban J connectivity index is 1.79. The highest BCUT2D eigenvalue weighted by atomic mass is 16.6. The first-order valence-corrected chi connectivity index (χ1v) is 10.4. The summed E-state index contributed by atoms with van der Waals surface area (Å²) >= 11 is 0. The third-order valence-electron chi connectivity index (χ3n) is 5.50. The van der Waals surface area contributed by atoms with Crippen LogP contribution >= 0.6 is 0 Å². The Morgan fingerprint density at radius 1 is 1.10 bits per heavy atom. The van der Waals surface area contributed by atoms with E-state index in [1.54, 1.807) is 6.08 Å². The number of rotatable bonds is 9. The molecule has 30 heavy (non-hydrogen) atoms. The van der Waals surface area contributed by atoms with Gasteiger partial charge in [-0.1, -0.05) is 68.5 Å². The lowest BCUT2D eigenvalue weighted by molar-refractivity contribution is -0.143. The minimum atomic E-state index is -1.01. The number of amides is 1. The zero-order valence-corrected chi connectivity index (χ0v) is 17.6. The third-order valence-corrected chi connectivity index (χ3v) is 5.50. The van der Waals surface area contributed by atoms with Crippen LogP contribution < -0.4 is 0 Å². The van der Waals surface area contributed by atoms with Crippen LogP contribution in [0, 0.1) is 5.92 Å². The predicted octanol–water partition coefficient (Wildman–Crippen LogP) is 5.31. The minimum Gasteiger partial charge on any atom is -0.480 e. The molecule has 0 unspecified atom stereocenters. The highest BCUT2D eigenvalue weighted by Gasteiger charge is 2.33. The number of hydrogen-bond acceptors (Lipinski definition) is 3. The van der Waals surface area contributed by atoms with E-state index in [-0.39, 0.29) is 25.0 Å². The molecule has 1 N–H and O–H groups in total. The van der Waals surface area contributed by atoms with E-state index >= 15 is 0 Å². The van der Waals surface area contributed by atoms with Gasteiger partial charge in [0.2, 0.25) is 0 Å². The first-order chi connectivity index (χ1) is 14.4. The molecule has 0 radical (unpaired) electrons. The Morgan fingerprint density at radius 2 is 1.67 bits per heavy atom. The van der Waals surface area contributed by atoms with Gasteiger partial charge < -0.3 is 9.84 Å². The highest BCUT2D eigenvalue weighted by molar-refractivity contribution is 5.81. The molecule has 1 aliphatic rings. The molecule has 2 aromatic carbocycles. The molecule has 158 valence electrons. The first kappa shape index (κ1) is 21.6. The number of benzene rings is 2. The van der Waals surface area contributed by atoms with Crippen molar-refractivity contribution < 1.29 is 19.4 Å². The van der Waals surface area contributed by atoms with E-state index in [0.29, 0.717) is 12.8 Å². The number of fused-ring (bicyclic) bond motifs is 3. The Bertz CT molecular complexity index is 875. The number of carboxylic acid groups (broad SMARTS) is 1. The maximum Gasteiger partial charge on any atom is 0.410 e. The number of hydrogen-bond donors (Lipinski definition) is 1. The van der Waals surface area contributed by atoms with Gasteiger partial charge in [0.15, 0.2) is 0 Å². The molecule has 0 aliphatic heterocycles. The average molecular weight is 408 g/mol. The third kappa shape index (κ3) is 4.56. The lowest BCUT2D eigenvalue weighted by Gasteiger charge is -2.29. The smallest absolute Gasteiger partial charge is 0.410 e. The van der Waals surface area contributed by atoms with Crippen molar-refractivity contribution in [1.29, 1.82) is 0 Å². The van der Waals surface area contributed by atoms with E-state index in [0.717, 1.165) is 22.3 Å². The van der Waals surface area contributed by atoms with E-state index in [4.69, 9.17) is 4.74 Å². The summed E-state index contributed by atoms with van der Waals surface area (Å²) in [4.78, 5) is 26.1. The van der Waals surface area contributed by atoms with Gasteiger partial charge in [-0.05, 0) is 41.0 Å². The number of aliphatic carboxylic acids is 1. The standard InChI is InChI=1S/C25H29NO4/c1-4-5-14-26(23(24(27)28)15-17(2)3)25(29)30-16-22-20-12-8-6-10-18(20)19-11-7-9-13-21(19)22/h4,6-13,17,22-23H,1,5,14-16H2,2-3H3,(H,27,28)/t23-/m0/s1. The molecule has 0 heterocycles. The van der Waals surface area contributed by atoms with Gasteiger partial charge in [-0.25, -0.2) is 9.59 Å². The van der Waals surface area contributed by atoms with Gasteiger partial charge in [0.1, 0.15) is 12.6 Å². The molecule has 1 aliphatic carbocycles. The van der Waals surface area contributed by atoms with Crippen molar-refractivity contribution in [2.75, 3.05) is 13.2 Å². The monoisotopic (exact) mass is 407 g/mol. The lowest BCUT2D eigenvalue weighted by Crippen LogP contribution is -2.46. The summed E-state index contributed by atoms with van der Waals surface area (Å²) in [5.74, 6) is -0.934. The molecule has 0 bridgehead atoms.